The van der Waals surface area contributed by atoms with Crippen LogP contribution in [0.15, 0.2) is 18.2 Å². The van der Waals surface area contributed by atoms with Crippen molar-refractivity contribution < 1.29 is 15.1 Å². The van der Waals surface area contributed by atoms with Gasteiger partial charge in [0.2, 0.25) is 0 Å². The number of halogens is 1. The monoisotopic (exact) mass is 260 g/mol. The quantitative estimate of drug-likeness (QED) is 0.549. The molecular formula is C10H13ClN2O4. The van der Waals surface area contributed by atoms with Crippen LogP contribution in [0, 0.1) is 10.1 Å². The lowest BCUT2D eigenvalue weighted by Gasteiger charge is -2.27. The van der Waals surface area contributed by atoms with Gasteiger partial charge < -0.3 is 15.5 Å². The van der Waals surface area contributed by atoms with E-state index in [9.17, 15) is 10.1 Å². The fourth-order valence-electron chi connectivity index (χ4n) is 1.22. The summed E-state index contributed by atoms with van der Waals surface area (Å²) in [5, 5.41) is 31.9. The van der Waals surface area contributed by atoms with Gasteiger partial charge in [-0.05, 0) is 13.0 Å². The van der Waals surface area contributed by atoms with Crippen molar-refractivity contribution in [2.45, 2.75) is 12.5 Å². The van der Waals surface area contributed by atoms with Crippen LogP contribution < -0.4 is 5.32 Å². The summed E-state index contributed by atoms with van der Waals surface area (Å²) in [6.07, 6.45) is 0. The smallest absolute Gasteiger partial charge is 0.293 e. The van der Waals surface area contributed by atoms with E-state index >= 15 is 0 Å². The van der Waals surface area contributed by atoms with Crippen molar-refractivity contribution in [3.05, 3.63) is 33.3 Å². The predicted octanol–water partition coefficient (Wildman–Crippen LogP) is 1.40. The van der Waals surface area contributed by atoms with E-state index in [0.29, 0.717) is 0 Å². The molecule has 3 N–H and O–H groups in total. The fourth-order valence-corrected chi connectivity index (χ4v) is 1.44. The summed E-state index contributed by atoms with van der Waals surface area (Å²) < 4.78 is 0. The summed E-state index contributed by atoms with van der Waals surface area (Å²) in [7, 11) is 0. The largest absolute Gasteiger partial charge is 0.394 e. The number of hydrogen-bond donors (Lipinski definition) is 3. The number of rotatable bonds is 5. The SMILES string of the molecule is CC(CO)(CO)Nc1c(Cl)cccc1[N+](=O)[O-]. The Bertz CT molecular complexity index is 421. The summed E-state index contributed by atoms with van der Waals surface area (Å²) in [6, 6.07) is 4.25. The summed E-state index contributed by atoms with van der Waals surface area (Å²) in [5.41, 5.74) is -1.19. The lowest BCUT2D eigenvalue weighted by molar-refractivity contribution is -0.384. The number of hydrogen-bond acceptors (Lipinski definition) is 5. The van der Waals surface area contributed by atoms with Gasteiger partial charge in [-0.2, -0.15) is 0 Å². The van der Waals surface area contributed by atoms with E-state index in [4.69, 9.17) is 21.8 Å². The third kappa shape index (κ3) is 3.06. The summed E-state index contributed by atoms with van der Waals surface area (Å²) in [4.78, 5) is 10.2. The fraction of sp³-hybridized carbons (Fsp3) is 0.400. The molecule has 17 heavy (non-hydrogen) atoms. The highest BCUT2D eigenvalue weighted by Crippen LogP contribution is 2.33. The Labute approximate surface area is 103 Å². The second-order valence-electron chi connectivity index (χ2n) is 3.89. The van der Waals surface area contributed by atoms with Crippen LogP contribution in [0.1, 0.15) is 6.92 Å². The molecule has 0 saturated heterocycles. The molecular weight excluding hydrogens is 248 g/mol. The highest BCUT2D eigenvalue weighted by Gasteiger charge is 2.27. The topological polar surface area (TPSA) is 95.6 Å². The first-order valence-corrected chi connectivity index (χ1v) is 5.24. The van der Waals surface area contributed by atoms with Gasteiger partial charge in [0.05, 0.1) is 28.7 Å². The van der Waals surface area contributed by atoms with Gasteiger partial charge in [-0.25, -0.2) is 0 Å². The number of aliphatic hydroxyl groups excluding tert-OH is 2. The minimum absolute atomic E-state index is 0.0877. The number of nitro groups is 1. The molecule has 0 radical (unpaired) electrons. The number of para-hydroxylation sites is 1. The van der Waals surface area contributed by atoms with Crippen LogP contribution in [-0.4, -0.2) is 33.9 Å². The van der Waals surface area contributed by atoms with E-state index in [1.807, 2.05) is 0 Å². The molecule has 6 nitrogen and oxygen atoms in total. The standard InChI is InChI=1S/C10H13ClN2O4/c1-10(5-14,6-15)12-9-7(11)3-2-4-8(9)13(16)17/h2-4,12,14-15H,5-6H2,1H3. The van der Waals surface area contributed by atoms with Crippen LogP contribution in [0.4, 0.5) is 11.4 Å². The molecule has 0 fully saturated rings. The average molecular weight is 261 g/mol. The minimum Gasteiger partial charge on any atom is -0.394 e. The van der Waals surface area contributed by atoms with Gasteiger partial charge in [-0.15, -0.1) is 0 Å². The number of aliphatic hydroxyl groups is 2. The molecule has 0 atom stereocenters. The van der Waals surface area contributed by atoms with E-state index < -0.39 is 10.5 Å². The van der Waals surface area contributed by atoms with Gasteiger partial charge in [-0.3, -0.25) is 10.1 Å². The Morgan fingerprint density at radius 3 is 2.53 bits per heavy atom. The normalized spacial score (nSPS) is 11.3. The van der Waals surface area contributed by atoms with E-state index in [-0.39, 0.29) is 29.6 Å². The van der Waals surface area contributed by atoms with E-state index in [1.165, 1.54) is 25.1 Å². The second-order valence-corrected chi connectivity index (χ2v) is 4.30. The molecule has 0 spiro atoms. The molecule has 0 bridgehead atoms. The number of benzene rings is 1. The Balaban J connectivity index is 3.17. The number of anilines is 1. The molecule has 1 aromatic carbocycles. The first-order chi connectivity index (χ1) is 7.93. The first-order valence-electron chi connectivity index (χ1n) is 4.86. The third-order valence-electron chi connectivity index (χ3n) is 2.31. The molecule has 0 aromatic heterocycles. The van der Waals surface area contributed by atoms with Crippen molar-refractivity contribution in [3.8, 4) is 0 Å². The maximum absolute atomic E-state index is 10.8. The molecule has 0 heterocycles. The third-order valence-corrected chi connectivity index (χ3v) is 2.63. The van der Waals surface area contributed by atoms with Gasteiger partial charge >= 0.3 is 0 Å². The Morgan fingerprint density at radius 2 is 2.06 bits per heavy atom. The maximum Gasteiger partial charge on any atom is 0.293 e. The molecule has 0 saturated carbocycles. The lowest BCUT2D eigenvalue weighted by Crippen LogP contribution is -2.42. The van der Waals surface area contributed by atoms with Gasteiger partial charge in [0, 0.05) is 6.07 Å². The van der Waals surface area contributed by atoms with Crippen LogP contribution >= 0.6 is 11.6 Å². The molecule has 0 unspecified atom stereocenters. The molecule has 0 amide bonds. The minimum atomic E-state index is -1.07. The van der Waals surface area contributed by atoms with Crippen LogP contribution in [0.3, 0.4) is 0 Å². The highest BCUT2D eigenvalue weighted by atomic mass is 35.5. The molecule has 94 valence electrons. The molecule has 0 aliphatic heterocycles. The molecule has 0 aliphatic carbocycles. The number of nitro benzene ring substituents is 1. The Morgan fingerprint density at radius 1 is 1.47 bits per heavy atom. The van der Waals surface area contributed by atoms with Gasteiger partial charge in [0.1, 0.15) is 5.69 Å². The van der Waals surface area contributed by atoms with Crippen LogP contribution in [0.25, 0.3) is 0 Å². The van der Waals surface area contributed by atoms with Crippen molar-refractivity contribution in [2.24, 2.45) is 0 Å². The number of nitrogens with zero attached hydrogens (tertiary/aromatic N) is 1. The van der Waals surface area contributed by atoms with Crippen LogP contribution in [-0.2, 0) is 0 Å². The van der Waals surface area contributed by atoms with Crippen LogP contribution in [0.2, 0.25) is 5.02 Å². The van der Waals surface area contributed by atoms with Crippen molar-refractivity contribution in [1.82, 2.24) is 0 Å². The Hall–Kier alpha value is -1.37. The van der Waals surface area contributed by atoms with Crippen molar-refractivity contribution >= 4 is 23.0 Å². The van der Waals surface area contributed by atoms with Crippen molar-refractivity contribution in [1.29, 1.82) is 0 Å². The zero-order chi connectivity index (χ0) is 13.1. The predicted molar refractivity (Wildman–Crippen MR) is 64.3 cm³/mol. The summed E-state index contributed by atoms with van der Waals surface area (Å²) in [6.45, 7) is 0.762. The first kappa shape index (κ1) is 13.7. The zero-order valence-electron chi connectivity index (χ0n) is 9.18. The van der Waals surface area contributed by atoms with E-state index in [0.717, 1.165) is 0 Å². The Kier molecular flexibility index (Phi) is 4.28. The lowest BCUT2D eigenvalue weighted by atomic mass is 10.0. The van der Waals surface area contributed by atoms with Gasteiger partial charge in [0.25, 0.3) is 5.69 Å². The van der Waals surface area contributed by atoms with Crippen molar-refractivity contribution in [2.75, 3.05) is 18.5 Å². The molecule has 0 aliphatic rings. The summed E-state index contributed by atoms with van der Waals surface area (Å²) >= 11 is 5.86. The number of nitrogens with one attached hydrogen (secondary N) is 1. The van der Waals surface area contributed by atoms with Crippen molar-refractivity contribution in [3.63, 3.8) is 0 Å². The highest BCUT2D eigenvalue weighted by molar-refractivity contribution is 6.33. The van der Waals surface area contributed by atoms with Gasteiger partial charge in [-0.1, -0.05) is 17.7 Å². The summed E-state index contributed by atoms with van der Waals surface area (Å²) in [5.74, 6) is 0. The van der Waals surface area contributed by atoms with Crippen LogP contribution in [0.5, 0.6) is 0 Å². The molecule has 1 rings (SSSR count). The van der Waals surface area contributed by atoms with Gasteiger partial charge in [0.15, 0.2) is 0 Å². The molecule has 7 heteroatoms. The van der Waals surface area contributed by atoms with E-state index in [1.54, 1.807) is 0 Å². The maximum atomic E-state index is 10.8. The second kappa shape index (κ2) is 5.31. The zero-order valence-corrected chi connectivity index (χ0v) is 9.94. The molecule has 1 aromatic rings. The van der Waals surface area contributed by atoms with E-state index in [2.05, 4.69) is 5.32 Å². The average Bonchev–Trinajstić information content (AvgIpc) is 2.31.